The fraction of sp³-hybridized carbons (Fsp3) is 0.214. The van der Waals surface area contributed by atoms with Crippen molar-refractivity contribution in [1.29, 1.82) is 0 Å². The number of methoxy groups -OCH3 is 1. The molecule has 172 valence electrons. The van der Waals surface area contributed by atoms with Crippen molar-refractivity contribution in [2.24, 2.45) is 0 Å². The van der Waals surface area contributed by atoms with E-state index in [4.69, 9.17) is 9.84 Å². The average molecular weight is 453 g/mol. The lowest BCUT2D eigenvalue weighted by molar-refractivity contribution is 0.0628. The van der Waals surface area contributed by atoms with E-state index in [2.05, 4.69) is 35.4 Å². The molecule has 6 nitrogen and oxygen atoms in total. The highest BCUT2D eigenvalue weighted by molar-refractivity contribution is 5.94. The van der Waals surface area contributed by atoms with Gasteiger partial charge in [0.05, 0.1) is 18.5 Å². The topological polar surface area (TPSA) is 50.6 Å². The molecule has 1 aliphatic rings. The number of nitrogens with zero attached hydrogens (tertiary/aromatic N) is 4. The maximum Gasteiger partial charge on any atom is 0.253 e. The number of para-hydroxylation sites is 1. The predicted molar refractivity (Wildman–Crippen MR) is 133 cm³/mol. The van der Waals surface area contributed by atoms with Gasteiger partial charge < -0.3 is 9.64 Å². The van der Waals surface area contributed by atoms with Gasteiger partial charge in [-0.15, -0.1) is 0 Å². The van der Waals surface area contributed by atoms with Crippen molar-refractivity contribution in [3.63, 3.8) is 0 Å². The van der Waals surface area contributed by atoms with Crippen LogP contribution in [0.15, 0.2) is 91.1 Å². The van der Waals surface area contributed by atoms with E-state index in [9.17, 15) is 4.79 Å². The zero-order chi connectivity index (χ0) is 23.3. The molecule has 0 unspecified atom stereocenters. The number of piperazine rings is 1. The highest BCUT2D eigenvalue weighted by Gasteiger charge is 2.23. The summed E-state index contributed by atoms with van der Waals surface area (Å²) in [5.41, 5.74) is 4.97. The molecule has 1 aliphatic heterocycles. The molecule has 6 heteroatoms. The standard InChI is InChI=1S/C28H28N4O2/c1-34-26-14-12-22(13-15-26)27-24(21-32(29-27)25-10-6-3-7-11-25)20-30-16-18-31(19-17-30)28(33)23-8-4-2-5-9-23/h2-15,21H,16-20H2,1H3. The molecule has 1 fully saturated rings. The van der Waals surface area contributed by atoms with Gasteiger partial charge in [0.25, 0.3) is 5.91 Å². The van der Waals surface area contributed by atoms with E-state index < -0.39 is 0 Å². The van der Waals surface area contributed by atoms with Gasteiger partial charge in [0, 0.05) is 55.6 Å². The molecule has 1 saturated heterocycles. The third kappa shape index (κ3) is 4.72. The predicted octanol–water partition coefficient (Wildman–Crippen LogP) is 4.51. The molecule has 0 saturated carbocycles. The summed E-state index contributed by atoms with van der Waals surface area (Å²) in [5.74, 6) is 0.933. The van der Waals surface area contributed by atoms with Crippen molar-refractivity contribution in [3.8, 4) is 22.7 Å². The van der Waals surface area contributed by atoms with E-state index in [-0.39, 0.29) is 5.91 Å². The number of rotatable bonds is 6. The van der Waals surface area contributed by atoms with Crippen LogP contribution in [0.1, 0.15) is 15.9 Å². The highest BCUT2D eigenvalue weighted by atomic mass is 16.5. The molecule has 2 heterocycles. The second-order valence-electron chi connectivity index (χ2n) is 8.45. The quantitative estimate of drug-likeness (QED) is 0.432. The Kier molecular flexibility index (Phi) is 6.40. The monoisotopic (exact) mass is 452 g/mol. The summed E-state index contributed by atoms with van der Waals surface area (Å²) < 4.78 is 7.28. The first kappa shape index (κ1) is 21.9. The molecule has 5 rings (SSSR count). The lowest BCUT2D eigenvalue weighted by atomic mass is 10.1. The van der Waals surface area contributed by atoms with Crippen molar-refractivity contribution in [2.75, 3.05) is 33.3 Å². The minimum absolute atomic E-state index is 0.107. The van der Waals surface area contributed by atoms with Gasteiger partial charge in [-0.05, 0) is 48.5 Å². The van der Waals surface area contributed by atoms with Gasteiger partial charge in [-0.25, -0.2) is 4.68 Å². The van der Waals surface area contributed by atoms with Gasteiger partial charge in [-0.1, -0.05) is 36.4 Å². The zero-order valence-electron chi connectivity index (χ0n) is 19.3. The molecule has 0 N–H and O–H groups in total. The van der Waals surface area contributed by atoms with Crippen LogP contribution in [0.5, 0.6) is 5.75 Å². The minimum atomic E-state index is 0.107. The molecule has 0 atom stereocenters. The van der Waals surface area contributed by atoms with E-state index in [1.54, 1.807) is 7.11 Å². The third-order valence-corrected chi connectivity index (χ3v) is 6.25. The van der Waals surface area contributed by atoms with E-state index in [0.717, 1.165) is 66.5 Å². The number of aromatic nitrogens is 2. The van der Waals surface area contributed by atoms with Gasteiger partial charge in [0.15, 0.2) is 0 Å². The second-order valence-corrected chi connectivity index (χ2v) is 8.45. The Labute approximate surface area is 200 Å². The summed E-state index contributed by atoms with van der Waals surface area (Å²) in [7, 11) is 1.67. The van der Waals surface area contributed by atoms with Crippen LogP contribution in [-0.4, -0.2) is 58.8 Å². The molecule has 3 aromatic carbocycles. The fourth-order valence-corrected chi connectivity index (χ4v) is 4.34. The van der Waals surface area contributed by atoms with Crippen molar-refractivity contribution < 1.29 is 9.53 Å². The van der Waals surface area contributed by atoms with Crippen LogP contribution in [0.25, 0.3) is 16.9 Å². The molecular weight excluding hydrogens is 424 g/mol. The molecule has 1 aromatic heterocycles. The van der Waals surface area contributed by atoms with Crippen molar-refractivity contribution in [2.45, 2.75) is 6.54 Å². The zero-order valence-corrected chi connectivity index (χ0v) is 19.3. The van der Waals surface area contributed by atoms with Crippen LogP contribution < -0.4 is 4.74 Å². The van der Waals surface area contributed by atoms with Crippen molar-refractivity contribution >= 4 is 5.91 Å². The highest BCUT2D eigenvalue weighted by Crippen LogP contribution is 2.27. The number of hydrogen-bond donors (Lipinski definition) is 0. The van der Waals surface area contributed by atoms with Crippen LogP contribution in [0.2, 0.25) is 0 Å². The summed E-state index contributed by atoms with van der Waals surface area (Å²) in [4.78, 5) is 17.1. The number of benzene rings is 3. The number of ether oxygens (including phenoxy) is 1. The normalized spacial score (nSPS) is 14.2. The molecule has 0 spiro atoms. The van der Waals surface area contributed by atoms with E-state index in [1.165, 1.54) is 0 Å². The van der Waals surface area contributed by atoms with Crippen LogP contribution in [-0.2, 0) is 6.54 Å². The molecule has 4 aromatic rings. The smallest absolute Gasteiger partial charge is 0.253 e. The number of carbonyl (C=O) groups is 1. The molecule has 0 bridgehead atoms. The molecule has 0 aliphatic carbocycles. The lowest BCUT2D eigenvalue weighted by Crippen LogP contribution is -2.48. The average Bonchev–Trinajstić information content (AvgIpc) is 3.33. The second kappa shape index (κ2) is 9.93. The summed E-state index contributed by atoms with van der Waals surface area (Å²) in [6.07, 6.45) is 2.12. The van der Waals surface area contributed by atoms with Crippen LogP contribution in [0, 0.1) is 0 Å². The van der Waals surface area contributed by atoms with Gasteiger partial charge in [0.2, 0.25) is 0 Å². The Balaban J connectivity index is 1.34. The van der Waals surface area contributed by atoms with E-state index in [1.807, 2.05) is 70.2 Å². The van der Waals surface area contributed by atoms with Crippen LogP contribution in [0.4, 0.5) is 0 Å². The Hall–Kier alpha value is -3.90. The minimum Gasteiger partial charge on any atom is -0.497 e. The fourth-order valence-electron chi connectivity index (χ4n) is 4.34. The first-order valence-electron chi connectivity index (χ1n) is 11.6. The first-order valence-corrected chi connectivity index (χ1v) is 11.6. The maximum absolute atomic E-state index is 12.8. The van der Waals surface area contributed by atoms with E-state index >= 15 is 0 Å². The van der Waals surface area contributed by atoms with Gasteiger partial charge in [0.1, 0.15) is 5.75 Å². The molecule has 0 radical (unpaired) electrons. The van der Waals surface area contributed by atoms with Gasteiger partial charge in [-0.2, -0.15) is 5.10 Å². The van der Waals surface area contributed by atoms with Gasteiger partial charge in [-0.3, -0.25) is 9.69 Å². The molecule has 1 amide bonds. The van der Waals surface area contributed by atoms with Crippen LogP contribution >= 0.6 is 0 Å². The lowest BCUT2D eigenvalue weighted by Gasteiger charge is -2.34. The van der Waals surface area contributed by atoms with Crippen LogP contribution in [0.3, 0.4) is 0 Å². The number of hydrogen-bond acceptors (Lipinski definition) is 4. The Morgan fingerprint density at radius 2 is 1.50 bits per heavy atom. The van der Waals surface area contributed by atoms with Gasteiger partial charge >= 0.3 is 0 Å². The Morgan fingerprint density at radius 3 is 2.15 bits per heavy atom. The summed E-state index contributed by atoms with van der Waals surface area (Å²) in [5, 5.41) is 4.94. The first-order chi connectivity index (χ1) is 16.7. The number of carbonyl (C=O) groups excluding carboxylic acids is 1. The van der Waals surface area contributed by atoms with E-state index in [0.29, 0.717) is 0 Å². The Bertz CT molecular complexity index is 1230. The molecule has 34 heavy (non-hydrogen) atoms. The van der Waals surface area contributed by atoms with Crippen molar-refractivity contribution in [1.82, 2.24) is 19.6 Å². The largest absolute Gasteiger partial charge is 0.497 e. The molecular formula is C28H28N4O2. The maximum atomic E-state index is 12.8. The summed E-state index contributed by atoms with van der Waals surface area (Å²) in [6.45, 7) is 3.88. The van der Waals surface area contributed by atoms with Crippen molar-refractivity contribution in [3.05, 3.63) is 102 Å². The summed E-state index contributed by atoms with van der Waals surface area (Å²) >= 11 is 0. The SMILES string of the molecule is COc1ccc(-c2nn(-c3ccccc3)cc2CN2CCN(C(=O)c3ccccc3)CC2)cc1. The summed E-state index contributed by atoms with van der Waals surface area (Å²) in [6, 6.07) is 27.7. The Morgan fingerprint density at radius 1 is 0.853 bits per heavy atom. The number of amides is 1. The third-order valence-electron chi connectivity index (χ3n) is 6.25.